The molecule has 3 aromatic carbocycles. The molecule has 2 amide bonds. The van der Waals surface area contributed by atoms with Gasteiger partial charge in [0.1, 0.15) is 12.6 Å². The summed E-state index contributed by atoms with van der Waals surface area (Å²) in [6.07, 6.45) is 0.384. The molecule has 3 rings (SSSR count). The predicted octanol–water partition coefficient (Wildman–Crippen LogP) is 3.44. The van der Waals surface area contributed by atoms with Crippen molar-refractivity contribution in [2.24, 2.45) is 0 Å². The molecule has 0 aliphatic rings. The highest BCUT2D eigenvalue weighted by Crippen LogP contribution is 2.24. The summed E-state index contributed by atoms with van der Waals surface area (Å²) >= 11 is 0. The molecule has 0 radical (unpaired) electrons. The van der Waals surface area contributed by atoms with Gasteiger partial charge >= 0.3 is 0 Å². The molecule has 3 aromatic rings. The van der Waals surface area contributed by atoms with E-state index in [2.05, 4.69) is 5.32 Å². The van der Waals surface area contributed by atoms with Crippen LogP contribution in [0.5, 0.6) is 0 Å². The second kappa shape index (κ2) is 11.5. The van der Waals surface area contributed by atoms with Gasteiger partial charge in [-0.3, -0.25) is 13.9 Å². The summed E-state index contributed by atoms with van der Waals surface area (Å²) in [7, 11) is -2.51. The molecule has 1 N–H and O–H groups in total. The maximum absolute atomic E-state index is 13.7. The van der Waals surface area contributed by atoms with E-state index in [1.165, 1.54) is 24.1 Å². The molecule has 0 aromatic heterocycles. The Hall–Kier alpha value is -3.65. The number of rotatable bonds is 10. The van der Waals surface area contributed by atoms with Crippen molar-refractivity contribution in [3.63, 3.8) is 0 Å². The number of benzene rings is 3. The Morgan fingerprint density at radius 3 is 1.91 bits per heavy atom. The Morgan fingerprint density at radius 1 is 0.853 bits per heavy atom. The summed E-state index contributed by atoms with van der Waals surface area (Å²) in [6, 6.07) is 25.1. The van der Waals surface area contributed by atoms with Gasteiger partial charge in [0.2, 0.25) is 11.8 Å². The number of likely N-dealkylation sites (N-methyl/N-ethyl adjacent to an activating group) is 1. The second-order valence-electron chi connectivity index (χ2n) is 7.71. The maximum atomic E-state index is 13.7. The van der Waals surface area contributed by atoms with E-state index in [1.807, 2.05) is 37.3 Å². The summed E-state index contributed by atoms with van der Waals surface area (Å²) < 4.78 is 28.2. The zero-order valence-corrected chi connectivity index (χ0v) is 20.1. The number of para-hydroxylation sites is 1. The van der Waals surface area contributed by atoms with E-state index in [0.717, 1.165) is 9.87 Å². The van der Waals surface area contributed by atoms with Crippen LogP contribution in [-0.4, -0.2) is 44.8 Å². The van der Waals surface area contributed by atoms with Crippen molar-refractivity contribution in [2.45, 2.75) is 30.8 Å². The molecule has 8 heteroatoms. The highest BCUT2D eigenvalue weighted by Gasteiger charge is 2.33. The van der Waals surface area contributed by atoms with Gasteiger partial charge < -0.3 is 10.2 Å². The summed E-state index contributed by atoms with van der Waals surface area (Å²) in [5.74, 6) is -0.772. The molecule has 0 aliphatic heterocycles. The van der Waals surface area contributed by atoms with Crippen molar-refractivity contribution in [3.8, 4) is 0 Å². The summed E-state index contributed by atoms with van der Waals surface area (Å²) in [5, 5.41) is 2.61. The fourth-order valence-electron chi connectivity index (χ4n) is 3.71. The van der Waals surface area contributed by atoms with E-state index < -0.39 is 28.5 Å². The Balaban J connectivity index is 2.01. The van der Waals surface area contributed by atoms with E-state index in [-0.39, 0.29) is 17.3 Å². The molecule has 178 valence electrons. The van der Waals surface area contributed by atoms with Crippen molar-refractivity contribution in [2.75, 3.05) is 17.9 Å². The van der Waals surface area contributed by atoms with Crippen LogP contribution in [0.2, 0.25) is 0 Å². The molecule has 7 nitrogen and oxygen atoms in total. The van der Waals surface area contributed by atoms with Gasteiger partial charge in [0.25, 0.3) is 10.0 Å². The highest BCUT2D eigenvalue weighted by molar-refractivity contribution is 7.92. The maximum Gasteiger partial charge on any atom is 0.264 e. The van der Waals surface area contributed by atoms with Gasteiger partial charge in [0.15, 0.2) is 0 Å². The molecular weight excluding hydrogens is 450 g/mol. The first kappa shape index (κ1) is 25.0. The number of anilines is 1. The molecule has 0 heterocycles. The third-order valence-electron chi connectivity index (χ3n) is 5.48. The molecule has 1 atom stereocenters. The summed E-state index contributed by atoms with van der Waals surface area (Å²) in [5.41, 5.74) is 1.21. The van der Waals surface area contributed by atoms with Crippen molar-refractivity contribution >= 4 is 27.5 Å². The number of nitrogens with one attached hydrogen (secondary N) is 1. The number of carbonyl (C=O) groups excluding carboxylic acids is 2. The lowest BCUT2D eigenvalue weighted by Gasteiger charge is -2.33. The lowest BCUT2D eigenvalue weighted by molar-refractivity contribution is -0.140. The van der Waals surface area contributed by atoms with E-state index in [1.54, 1.807) is 48.5 Å². The Morgan fingerprint density at radius 2 is 1.38 bits per heavy atom. The van der Waals surface area contributed by atoms with Crippen LogP contribution in [0.3, 0.4) is 0 Å². The third kappa shape index (κ3) is 5.82. The molecule has 0 saturated carbocycles. The minimum Gasteiger partial charge on any atom is -0.357 e. The predicted molar refractivity (Wildman–Crippen MR) is 133 cm³/mol. The quantitative estimate of drug-likeness (QED) is 0.483. The Labute approximate surface area is 201 Å². The van der Waals surface area contributed by atoms with Crippen LogP contribution in [0.4, 0.5) is 5.69 Å². The van der Waals surface area contributed by atoms with Gasteiger partial charge in [-0.2, -0.15) is 0 Å². The molecule has 0 spiro atoms. The first-order valence-electron chi connectivity index (χ1n) is 11.1. The van der Waals surface area contributed by atoms with E-state index >= 15 is 0 Å². The average molecular weight is 480 g/mol. The van der Waals surface area contributed by atoms with Gasteiger partial charge in [-0.1, -0.05) is 73.7 Å². The zero-order valence-electron chi connectivity index (χ0n) is 19.3. The van der Waals surface area contributed by atoms with Crippen molar-refractivity contribution in [3.05, 3.63) is 96.6 Å². The van der Waals surface area contributed by atoms with Crippen LogP contribution in [-0.2, 0) is 26.2 Å². The number of hydrogen-bond donors (Lipinski definition) is 1. The monoisotopic (exact) mass is 479 g/mol. The standard InChI is InChI=1S/C26H29N3O4S/c1-3-24(26(31)27-2)28(19-21-13-7-4-8-14-21)25(30)20-29(22-15-9-5-10-16-22)34(32,33)23-17-11-6-12-18-23/h4-18,24H,3,19-20H2,1-2H3,(H,27,31)/t24-/m1/s1. The Kier molecular flexibility index (Phi) is 8.43. The average Bonchev–Trinajstić information content (AvgIpc) is 2.88. The molecule has 0 saturated heterocycles. The van der Waals surface area contributed by atoms with E-state index in [0.29, 0.717) is 12.1 Å². The van der Waals surface area contributed by atoms with Gasteiger partial charge in [-0.15, -0.1) is 0 Å². The topological polar surface area (TPSA) is 86.8 Å². The zero-order chi connectivity index (χ0) is 24.6. The largest absolute Gasteiger partial charge is 0.357 e. The summed E-state index contributed by atoms with van der Waals surface area (Å²) in [6.45, 7) is 1.56. The number of amides is 2. The SMILES string of the molecule is CC[C@H](C(=O)NC)N(Cc1ccccc1)C(=O)CN(c1ccccc1)S(=O)(=O)c1ccccc1. The lowest BCUT2D eigenvalue weighted by atomic mass is 10.1. The molecule has 0 fully saturated rings. The third-order valence-corrected chi connectivity index (χ3v) is 7.27. The number of sulfonamides is 1. The molecular formula is C26H29N3O4S. The van der Waals surface area contributed by atoms with Gasteiger partial charge in [0.05, 0.1) is 10.6 Å². The first-order chi connectivity index (χ1) is 16.4. The van der Waals surface area contributed by atoms with Crippen LogP contribution < -0.4 is 9.62 Å². The number of hydrogen-bond acceptors (Lipinski definition) is 4. The minimum absolute atomic E-state index is 0.0830. The van der Waals surface area contributed by atoms with Gasteiger partial charge in [0, 0.05) is 13.6 Å². The van der Waals surface area contributed by atoms with Crippen LogP contribution in [0.15, 0.2) is 95.9 Å². The smallest absolute Gasteiger partial charge is 0.264 e. The van der Waals surface area contributed by atoms with E-state index in [9.17, 15) is 18.0 Å². The fourth-order valence-corrected chi connectivity index (χ4v) is 5.14. The normalized spacial score (nSPS) is 11.9. The molecule has 34 heavy (non-hydrogen) atoms. The number of carbonyl (C=O) groups is 2. The van der Waals surface area contributed by atoms with Crippen LogP contribution in [0.25, 0.3) is 0 Å². The van der Waals surface area contributed by atoms with Crippen molar-refractivity contribution < 1.29 is 18.0 Å². The second-order valence-corrected chi connectivity index (χ2v) is 9.57. The minimum atomic E-state index is -4.03. The fraction of sp³-hybridized carbons (Fsp3) is 0.231. The molecule has 0 unspecified atom stereocenters. The van der Waals surface area contributed by atoms with E-state index in [4.69, 9.17) is 0 Å². The summed E-state index contributed by atoms with van der Waals surface area (Å²) in [4.78, 5) is 27.8. The van der Waals surface area contributed by atoms with Crippen molar-refractivity contribution in [1.82, 2.24) is 10.2 Å². The van der Waals surface area contributed by atoms with Gasteiger partial charge in [-0.05, 0) is 36.2 Å². The highest BCUT2D eigenvalue weighted by atomic mass is 32.2. The number of nitrogens with zero attached hydrogens (tertiary/aromatic N) is 2. The first-order valence-corrected chi connectivity index (χ1v) is 12.5. The van der Waals surface area contributed by atoms with Crippen molar-refractivity contribution in [1.29, 1.82) is 0 Å². The molecule has 0 bridgehead atoms. The van der Waals surface area contributed by atoms with Crippen LogP contribution >= 0.6 is 0 Å². The molecule has 0 aliphatic carbocycles. The van der Waals surface area contributed by atoms with Crippen LogP contribution in [0, 0.1) is 0 Å². The van der Waals surface area contributed by atoms with Crippen LogP contribution in [0.1, 0.15) is 18.9 Å². The van der Waals surface area contributed by atoms with Gasteiger partial charge in [-0.25, -0.2) is 8.42 Å². The lowest BCUT2D eigenvalue weighted by Crippen LogP contribution is -2.51. The Bertz CT molecular complexity index is 1190.